The molecule has 0 spiro atoms. The molecule has 0 aliphatic carbocycles. The number of sulfone groups is 1. The van der Waals surface area contributed by atoms with Crippen molar-refractivity contribution in [2.24, 2.45) is 0 Å². The number of aromatic nitrogens is 1. The van der Waals surface area contributed by atoms with Crippen LogP contribution in [0.25, 0.3) is 11.3 Å². The van der Waals surface area contributed by atoms with Gasteiger partial charge in [-0.15, -0.1) is 0 Å². The Balaban J connectivity index is 1.83. The summed E-state index contributed by atoms with van der Waals surface area (Å²) in [5.74, 6) is 0.492. The molecule has 0 amide bonds. The van der Waals surface area contributed by atoms with Crippen molar-refractivity contribution in [1.82, 2.24) is 4.98 Å². The smallest absolute Gasteiger partial charge is 0.295 e. The van der Waals surface area contributed by atoms with Gasteiger partial charge in [-0.1, -0.05) is 42.5 Å². The van der Waals surface area contributed by atoms with Gasteiger partial charge < -0.3 is 5.32 Å². The van der Waals surface area contributed by atoms with Crippen LogP contribution in [-0.2, 0) is 16.4 Å². The van der Waals surface area contributed by atoms with E-state index in [9.17, 15) is 18.5 Å². The average molecular weight is 383 g/mol. The van der Waals surface area contributed by atoms with Crippen molar-refractivity contribution in [3.8, 4) is 11.3 Å². The Hall–Kier alpha value is -3.26. The van der Waals surface area contributed by atoms with E-state index < -0.39 is 14.8 Å². The van der Waals surface area contributed by atoms with E-state index in [2.05, 4.69) is 10.3 Å². The molecule has 0 unspecified atom stereocenters. The first kappa shape index (κ1) is 18.5. The second-order valence-corrected chi connectivity index (χ2v) is 7.97. The number of rotatable bonds is 6. The Bertz CT molecular complexity index is 1070. The van der Waals surface area contributed by atoms with Crippen molar-refractivity contribution in [2.45, 2.75) is 11.4 Å². The minimum atomic E-state index is -3.23. The summed E-state index contributed by atoms with van der Waals surface area (Å²) in [5.41, 5.74) is 1.75. The first-order valence-corrected chi connectivity index (χ1v) is 9.97. The van der Waals surface area contributed by atoms with Crippen molar-refractivity contribution in [1.29, 1.82) is 0 Å². The van der Waals surface area contributed by atoms with Crippen LogP contribution in [0.5, 0.6) is 0 Å². The van der Waals surface area contributed by atoms with Gasteiger partial charge in [-0.2, -0.15) is 0 Å². The molecule has 0 aliphatic rings. The van der Waals surface area contributed by atoms with Gasteiger partial charge in [-0.3, -0.25) is 10.1 Å². The zero-order valence-electron chi connectivity index (χ0n) is 14.5. The third-order valence-corrected chi connectivity index (χ3v) is 5.07. The molecule has 138 valence electrons. The van der Waals surface area contributed by atoms with Crippen LogP contribution < -0.4 is 5.32 Å². The largest absolute Gasteiger partial charge is 0.366 e. The molecular weight excluding hydrogens is 366 g/mol. The van der Waals surface area contributed by atoms with Crippen LogP contribution in [0.1, 0.15) is 5.56 Å². The van der Waals surface area contributed by atoms with Gasteiger partial charge in [0.2, 0.25) is 0 Å². The van der Waals surface area contributed by atoms with Gasteiger partial charge in [0.15, 0.2) is 15.5 Å². The van der Waals surface area contributed by atoms with E-state index in [1.54, 1.807) is 54.6 Å². The van der Waals surface area contributed by atoms with Gasteiger partial charge in [0.25, 0.3) is 5.69 Å². The summed E-state index contributed by atoms with van der Waals surface area (Å²) in [6.45, 7) is 0.406. The lowest BCUT2D eigenvalue weighted by atomic mass is 10.1. The molecule has 8 heteroatoms. The van der Waals surface area contributed by atoms with Gasteiger partial charge in [0, 0.05) is 24.4 Å². The van der Waals surface area contributed by atoms with Crippen molar-refractivity contribution < 1.29 is 13.3 Å². The summed E-state index contributed by atoms with van der Waals surface area (Å²) in [6, 6.07) is 18.5. The van der Waals surface area contributed by atoms with E-state index in [1.807, 2.05) is 6.07 Å². The van der Waals surface area contributed by atoms with Gasteiger partial charge >= 0.3 is 0 Å². The van der Waals surface area contributed by atoms with Crippen LogP contribution in [0.2, 0.25) is 0 Å². The zero-order chi connectivity index (χ0) is 19.4. The molecule has 2 aromatic carbocycles. The standard InChI is InChI=1S/C19H17N3O4S/c1-27(25,26)16-9-7-14(8-10-16)13-20-18-12-11-17(22(23)24)19(21-18)15-5-3-2-4-6-15/h2-12H,13H2,1H3,(H,20,21). The summed E-state index contributed by atoms with van der Waals surface area (Å²) in [5, 5.41) is 14.4. The third-order valence-electron chi connectivity index (χ3n) is 3.94. The maximum absolute atomic E-state index is 11.5. The molecule has 27 heavy (non-hydrogen) atoms. The second-order valence-electron chi connectivity index (χ2n) is 5.96. The highest BCUT2D eigenvalue weighted by molar-refractivity contribution is 7.90. The highest BCUT2D eigenvalue weighted by Crippen LogP contribution is 2.29. The lowest BCUT2D eigenvalue weighted by Crippen LogP contribution is -2.04. The Morgan fingerprint density at radius 1 is 1.00 bits per heavy atom. The highest BCUT2D eigenvalue weighted by atomic mass is 32.2. The third kappa shape index (κ3) is 4.48. The number of hydrogen-bond donors (Lipinski definition) is 1. The lowest BCUT2D eigenvalue weighted by Gasteiger charge is -2.09. The molecule has 0 fully saturated rings. The molecule has 3 aromatic rings. The zero-order valence-corrected chi connectivity index (χ0v) is 15.3. The van der Waals surface area contributed by atoms with E-state index in [4.69, 9.17) is 0 Å². The van der Waals surface area contributed by atoms with E-state index >= 15 is 0 Å². The Kier molecular flexibility index (Phi) is 5.18. The quantitative estimate of drug-likeness (QED) is 0.515. The molecular formula is C19H17N3O4S. The van der Waals surface area contributed by atoms with E-state index in [-0.39, 0.29) is 16.3 Å². The fourth-order valence-corrected chi connectivity index (χ4v) is 3.18. The molecule has 0 radical (unpaired) electrons. The fraction of sp³-hybridized carbons (Fsp3) is 0.105. The first-order chi connectivity index (χ1) is 12.8. The number of nitro groups is 1. The molecule has 0 bridgehead atoms. The minimum Gasteiger partial charge on any atom is -0.366 e. The van der Waals surface area contributed by atoms with Crippen LogP contribution in [0.15, 0.2) is 71.6 Å². The van der Waals surface area contributed by atoms with Crippen LogP contribution in [0.4, 0.5) is 11.5 Å². The van der Waals surface area contributed by atoms with Crippen LogP contribution in [0, 0.1) is 10.1 Å². The predicted molar refractivity (Wildman–Crippen MR) is 103 cm³/mol. The molecule has 0 saturated heterocycles. The Morgan fingerprint density at radius 2 is 1.67 bits per heavy atom. The Labute approximate surface area is 156 Å². The number of nitrogens with one attached hydrogen (secondary N) is 1. The topological polar surface area (TPSA) is 102 Å². The molecule has 0 aliphatic heterocycles. The van der Waals surface area contributed by atoms with Crippen molar-refractivity contribution >= 4 is 21.3 Å². The molecule has 0 saturated carbocycles. The van der Waals surface area contributed by atoms with Crippen LogP contribution in [-0.4, -0.2) is 24.6 Å². The number of anilines is 1. The van der Waals surface area contributed by atoms with Gasteiger partial charge in [-0.05, 0) is 23.8 Å². The van der Waals surface area contributed by atoms with Crippen LogP contribution >= 0.6 is 0 Å². The van der Waals surface area contributed by atoms with Gasteiger partial charge in [0.1, 0.15) is 5.82 Å². The lowest BCUT2D eigenvalue weighted by molar-refractivity contribution is -0.384. The number of pyridine rings is 1. The minimum absolute atomic E-state index is 0.0655. The number of nitrogens with zero attached hydrogens (tertiary/aromatic N) is 2. The fourth-order valence-electron chi connectivity index (χ4n) is 2.55. The van der Waals surface area contributed by atoms with Crippen molar-refractivity contribution in [3.05, 3.63) is 82.4 Å². The molecule has 1 heterocycles. The summed E-state index contributed by atoms with van der Waals surface area (Å²) in [7, 11) is -3.23. The molecule has 1 aromatic heterocycles. The Morgan fingerprint density at radius 3 is 2.26 bits per heavy atom. The highest BCUT2D eigenvalue weighted by Gasteiger charge is 2.17. The van der Waals surface area contributed by atoms with Crippen molar-refractivity contribution in [2.75, 3.05) is 11.6 Å². The average Bonchev–Trinajstić information content (AvgIpc) is 2.66. The number of benzene rings is 2. The SMILES string of the molecule is CS(=O)(=O)c1ccc(CNc2ccc([N+](=O)[O-])c(-c3ccccc3)n2)cc1. The maximum Gasteiger partial charge on any atom is 0.295 e. The van der Waals surface area contributed by atoms with Gasteiger partial charge in [0.05, 0.1) is 9.82 Å². The summed E-state index contributed by atoms with van der Waals surface area (Å²) < 4.78 is 23.0. The number of hydrogen-bond acceptors (Lipinski definition) is 6. The molecule has 1 N–H and O–H groups in total. The molecule has 0 atom stereocenters. The van der Waals surface area contributed by atoms with E-state index in [0.29, 0.717) is 17.9 Å². The first-order valence-electron chi connectivity index (χ1n) is 8.08. The maximum atomic E-state index is 11.5. The van der Waals surface area contributed by atoms with Gasteiger partial charge in [-0.25, -0.2) is 13.4 Å². The van der Waals surface area contributed by atoms with Crippen molar-refractivity contribution in [3.63, 3.8) is 0 Å². The summed E-state index contributed by atoms with van der Waals surface area (Å²) in [4.78, 5) is 15.5. The summed E-state index contributed by atoms with van der Waals surface area (Å²) in [6.07, 6.45) is 1.16. The van der Waals surface area contributed by atoms with E-state index in [0.717, 1.165) is 11.8 Å². The molecule has 7 nitrogen and oxygen atoms in total. The normalized spacial score (nSPS) is 11.1. The van der Waals surface area contributed by atoms with Crippen LogP contribution in [0.3, 0.4) is 0 Å². The molecule has 3 rings (SSSR count). The van der Waals surface area contributed by atoms with E-state index in [1.165, 1.54) is 6.07 Å². The monoisotopic (exact) mass is 383 g/mol. The second kappa shape index (κ2) is 7.55. The summed E-state index contributed by atoms with van der Waals surface area (Å²) >= 11 is 0. The predicted octanol–water partition coefficient (Wildman–Crippen LogP) is 3.67.